The van der Waals surface area contributed by atoms with Crippen molar-refractivity contribution in [2.75, 3.05) is 24.1 Å². The Morgan fingerprint density at radius 2 is 2.00 bits per heavy atom. The molecular weight excluding hydrogens is 305 g/mol. The predicted octanol–water partition coefficient (Wildman–Crippen LogP) is 1.76. The lowest BCUT2D eigenvalue weighted by Gasteiger charge is -2.32. The first kappa shape index (κ1) is 16.5. The quantitative estimate of drug-likeness (QED) is 0.720. The molecule has 0 unspecified atom stereocenters. The summed E-state index contributed by atoms with van der Waals surface area (Å²) in [5.74, 6) is 1.43. The third kappa shape index (κ3) is 4.15. The van der Waals surface area contributed by atoms with Crippen LogP contribution < -0.4 is 15.8 Å². The monoisotopic (exact) mass is 327 g/mol. The zero-order chi connectivity index (χ0) is 16.9. The number of hydrogen-bond acceptors (Lipinski definition) is 7. The number of nitrogen functional groups attached to an aromatic ring is 1. The maximum Gasteiger partial charge on any atom is 0.376 e. The molecule has 2 aromatic rings. The third-order valence-corrected chi connectivity index (χ3v) is 4.17. The zero-order valence-electron chi connectivity index (χ0n) is 13.7. The molecule has 1 aromatic heterocycles. The van der Waals surface area contributed by atoms with Gasteiger partial charge in [0.05, 0.1) is 11.9 Å². The highest BCUT2D eigenvalue weighted by atomic mass is 16.5. The van der Waals surface area contributed by atoms with Gasteiger partial charge in [0.15, 0.2) is 5.82 Å². The smallest absolute Gasteiger partial charge is 0.376 e. The fraction of sp³-hybridized carbons (Fsp3) is 0.375. The molecule has 0 spiro atoms. The number of benzene rings is 1. The van der Waals surface area contributed by atoms with Crippen LogP contribution in [-0.4, -0.2) is 46.0 Å². The Hall–Kier alpha value is -2.32. The maximum absolute atomic E-state index is 9.58. The van der Waals surface area contributed by atoms with Crippen molar-refractivity contribution < 1.29 is 9.76 Å². The summed E-state index contributed by atoms with van der Waals surface area (Å²) in [6.07, 6.45) is 5.05. The molecule has 8 heteroatoms. The molecule has 0 aliphatic carbocycles. The Morgan fingerprint density at radius 3 is 2.62 bits per heavy atom. The Kier molecular flexibility index (Phi) is 5.17. The van der Waals surface area contributed by atoms with Crippen LogP contribution in [0.3, 0.4) is 0 Å². The minimum Gasteiger partial charge on any atom is -0.490 e. The van der Waals surface area contributed by atoms with Crippen LogP contribution in [0.15, 0.2) is 36.8 Å². The molecular formula is C16H22BN5O2. The zero-order valence-corrected chi connectivity index (χ0v) is 13.7. The highest BCUT2D eigenvalue weighted by Crippen LogP contribution is 2.24. The molecule has 0 atom stereocenters. The fourth-order valence-electron chi connectivity index (χ4n) is 2.76. The number of hydrogen-bond donors (Lipinski definition) is 3. The van der Waals surface area contributed by atoms with Crippen molar-refractivity contribution in [2.24, 2.45) is 0 Å². The Bertz CT molecular complexity index is 660. The van der Waals surface area contributed by atoms with Crippen LogP contribution in [0, 0.1) is 0 Å². The summed E-state index contributed by atoms with van der Waals surface area (Å²) in [6, 6.07) is 7.73. The average molecular weight is 327 g/mol. The number of nitrogens with one attached hydrogen (secondary N) is 1. The molecule has 1 saturated heterocycles. The van der Waals surface area contributed by atoms with Crippen molar-refractivity contribution in [1.29, 1.82) is 0 Å². The van der Waals surface area contributed by atoms with E-state index in [-0.39, 0.29) is 13.2 Å². The topological polar surface area (TPSA) is 96.5 Å². The molecule has 1 aliphatic heterocycles. The molecule has 0 saturated carbocycles. The number of nitrogens with two attached hydrogens (primary N) is 1. The van der Waals surface area contributed by atoms with Crippen LogP contribution in [0.25, 0.3) is 0 Å². The van der Waals surface area contributed by atoms with Crippen molar-refractivity contribution in [3.05, 3.63) is 36.8 Å². The fourth-order valence-corrected chi connectivity index (χ4v) is 2.76. The van der Waals surface area contributed by atoms with Crippen molar-refractivity contribution in [3.8, 4) is 5.75 Å². The van der Waals surface area contributed by atoms with E-state index in [0.29, 0.717) is 11.5 Å². The van der Waals surface area contributed by atoms with Gasteiger partial charge in [-0.1, -0.05) is 0 Å². The maximum atomic E-state index is 9.58. The van der Waals surface area contributed by atoms with Crippen LogP contribution in [0.4, 0.5) is 17.2 Å². The lowest BCUT2D eigenvalue weighted by molar-refractivity contribution is 0.128. The van der Waals surface area contributed by atoms with Crippen LogP contribution >= 0.6 is 0 Å². The van der Waals surface area contributed by atoms with Gasteiger partial charge in [-0.2, -0.15) is 0 Å². The van der Waals surface area contributed by atoms with Crippen molar-refractivity contribution >= 4 is 24.2 Å². The van der Waals surface area contributed by atoms with E-state index < -0.39 is 0 Å². The van der Waals surface area contributed by atoms with Crippen LogP contribution in [0.5, 0.6) is 5.75 Å². The Morgan fingerprint density at radius 1 is 1.29 bits per heavy atom. The number of aromatic nitrogens is 2. The standard InChI is InChI=1S/C16H22BN5O2/c1-17(23)22-8-6-14(7-9-22)24-13-4-2-12(3-5-13)21-16-15(18)10-19-11-20-16/h2-5,10-11,14,23H,6-9,18H2,1H3,(H,19,20,21). The Labute approximate surface area is 142 Å². The highest BCUT2D eigenvalue weighted by Gasteiger charge is 2.24. The number of ether oxygens (including phenoxy) is 1. The first-order chi connectivity index (χ1) is 11.6. The first-order valence-electron chi connectivity index (χ1n) is 8.13. The second-order valence-electron chi connectivity index (χ2n) is 5.96. The van der Waals surface area contributed by atoms with E-state index in [9.17, 15) is 5.02 Å². The van der Waals surface area contributed by atoms with E-state index in [2.05, 4.69) is 20.1 Å². The molecule has 2 heterocycles. The molecule has 0 radical (unpaired) electrons. The SMILES string of the molecule is CB(O)N1CCC(Oc2ccc(Nc3ncncc3N)cc2)CC1. The largest absolute Gasteiger partial charge is 0.490 e. The summed E-state index contributed by atoms with van der Waals surface area (Å²) < 4.78 is 6.03. The number of rotatable bonds is 5. The van der Waals surface area contributed by atoms with Gasteiger partial charge in [-0.05, 0) is 57.0 Å². The normalized spacial score (nSPS) is 15.9. The lowest BCUT2D eigenvalue weighted by Crippen LogP contribution is -2.45. The van der Waals surface area contributed by atoms with E-state index in [1.54, 1.807) is 13.0 Å². The van der Waals surface area contributed by atoms with Gasteiger partial charge in [-0.25, -0.2) is 9.97 Å². The Balaban J connectivity index is 1.55. The molecule has 7 nitrogen and oxygen atoms in total. The summed E-state index contributed by atoms with van der Waals surface area (Å²) in [5.41, 5.74) is 7.21. The van der Waals surface area contributed by atoms with Gasteiger partial charge >= 0.3 is 7.05 Å². The van der Waals surface area contributed by atoms with E-state index in [1.807, 2.05) is 24.3 Å². The molecule has 0 bridgehead atoms. The van der Waals surface area contributed by atoms with Gasteiger partial charge in [-0.3, -0.25) is 0 Å². The minimum absolute atomic E-state index is 0.191. The van der Waals surface area contributed by atoms with Gasteiger partial charge in [-0.15, -0.1) is 0 Å². The summed E-state index contributed by atoms with van der Waals surface area (Å²) in [4.78, 5) is 10.0. The summed E-state index contributed by atoms with van der Waals surface area (Å²) in [5, 5.41) is 12.7. The summed E-state index contributed by atoms with van der Waals surface area (Å²) >= 11 is 0. The molecule has 1 aliphatic rings. The predicted molar refractivity (Wildman–Crippen MR) is 95.2 cm³/mol. The highest BCUT2D eigenvalue weighted by molar-refractivity contribution is 6.45. The number of nitrogens with zero attached hydrogens (tertiary/aromatic N) is 3. The molecule has 126 valence electrons. The van der Waals surface area contributed by atoms with Crippen LogP contribution in [0.2, 0.25) is 6.82 Å². The van der Waals surface area contributed by atoms with Crippen molar-refractivity contribution in [1.82, 2.24) is 14.8 Å². The van der Waals surface area contributed by atoms with Gasteiger partial charge < -0.3 is 25.6 Å². The number of anilines is 3. The molecule has 4 N–H and O–H groups in total. The first-order valence-corrected chi connectivity index (χ1v) is 8.13. The van der Waals surface area contributed by atoms with Crippen LogP contribution in [-0.2, 0) is 0 Å². The molecule has 3 rings (SSSR count). The molecule has 0 amide bonds. The van der Waals surface area contributed by atoms with Crippen molar-refractivity contribution in [3.63, 3.8) is 0 Å². The second kappa shape index (κ2) is 7.50. The van der Waals surface area contributed by atoms with Crippen LogP contribution in [0.1, 0.15) is 12.8 Å². The molecule has 24 heavy (non-hydrogen) atoms. The summed E-state index contributed by atoms with van der Waals surface area (Å²) in [6.45, 7) is 3.52. The lowest BCUT2D eigenvalue weighted by atomic mass is 9.82. The molecule has 1 aromatic carbocycles. The van der Waals surface area contributed by atoms with Crippen molar-refractivity contribution in [2.45, 2.75) is 25.8 Å². The van der Waals surface area contributed by atoms with E-state index in [1.165, 1.54) is 6.33 Å². The average Bonchev–Trinajstić information content (AvgIpc) is 2.59. The van der Waals surface area contributed by atoms with E-state index in [4.69, 9.17) is 10.5 Å². The minimum atomic E-state index is -0.384. The number of piperidine rings is 1. The summed E-state index contributed by atoms with van der Waals surface area (Å²) in [7, 11) is -0.384. The van der Waals surface area contributed by atoms with E-state index >= 15 is 0 Å². The van der Waals surface area contributed by atoms with Gasteiger partial charge in [0.1, 0.15) is 18.2 Å². The third-order valence-electron chi connectivity index (χ3n) is 4.17. The molecule has 1 fully saturated rings. The van der Waals surface area contributed by atoms with E-state index in [0.717, 1.165) is 37.4 Å². The van der Waals surface area contributed by atoms with Gasteiger partial charge in [0, 0.05) is 5.69 Å². The second-order valence-corrected chi connectivity index (χ2v) is 5.96. The van der Waals surface area contributed by atoms with Gasteiger partial charge in [0.2, 0.25) is 0 Å². The van der Waals surface area contributed by atoms with Gasteiger partial charge in [0.25, 0.3) is 0 Å².